The number of nitrogens with zero attached hydrogens (tertiary/aromatic N) is 1. The Morgan fingerprint density at radius 3 is 1.21 bits per heavy atom. The summed E-state index contributed by atoms with van der Waals surface area (Å²) >= 11 is 0. The van der Waals surface area contributed by atoms with Gasteiger partial charge in [0.15, 0.2) is 0 Å². The summed E-state index contributed by atoms with van der Waals surface area (Å²) in [7, 11) is 1.25. The molecule has 1 amide bonds. The Kier molecular flexibility index (Phi) is 53.1. The summed E-state index contributed by atoms with van der Waals surface area (Å²) in [5, 5.41) is 13.8. The van der Waals surface area contributed by atoms with Gasteiger partial charge in [0.1, 0.15) is 13.2 Å². The number of quaternary nitrogens is 1. The normalized spacial score (nSPS) is 14.2. The first-order valence-corrected chi connectivity index (χ1v) is 32.5. The molecule has 0 aliphatic rings. The third-order valence-electron chi connectivity index (χ3n) is 14.0. The fraction of sp³-hybridized carbons (Fsp3) is 0.857. The predicted octanol–water partition coefficient (Wildman–Crippen LogP) is 18.5. The van der Waals surface area contributed by atoms with Gasteiger partial charge in [-0.1, -0.05) is 274 Å². The van der Waals surface area contributed by atoms with Gasteiger partial charge in [0.25, 0.3) is 7.82 Å². The van der Waals surface area contributed by atoms with Crippen LogP contribution in [0.25, 0.3) is 0 Å². The van der Waals surface area contributed by atoms with Crippen LogP contribution in [0.2, 0.25) is 0 Å². The molecule has 3 unspecified atom stereocenters. The molecule has 2 N–H and O–H groups in total. The summed E-state index contributed by atoms with van der Waals surface area (Å²) in [6.07, 6.45) is 72.4. The second-order valence-corrected chi connectivity index (χ2v) is 23.8. The number of aliphatic hydroxyl groups is 1. The number of aliphatic hydroxyl groups excluding tert-OH is 1. The van der Waals surface area contributed by atoms with E-state index >= 15 is 0 Å². The second-order valence-electron chi connectivity index (χ2n) is 22.4. The Labute approximate surface area is 448 Å². The molecule has 0 aliphatic carbocycles. The molecule has 72 heavy (non-hydrogen) atoms. The summed E-state index contributed by atoms with van der Waals surface area (Å²) < 4.78 is 23.2. The highest BCUT2D eigenvalue weighted by atomic mass is 31.2. The molecule has 0 saturated heterocycles. The maximum atomic E-state index is 12.9. The molecule has 0 saturated carbocycles. The number of amides is 1. The zero-order chi connectivity index (χ0) is 52.7. The highest BCUT2D eigenvalue weighted by molar-refractivity contribution is 7.45. The molecule has 0 aromatic rings. The standard InChI is InChI=1S/C63H121N2O6P/c1-6-8-10-12-14-16-18-19-20-21-22-23-24-25-26-27-28-29-30-31-32-33-34-35-36-37-38-39-40-41-42-43-44-45-47-49-51-53-55-57-63(67)64-61(60-71-72(68,69)70-59-58-65(3,4)5)62(66)56-54-52-50-48-46-17-15-13-11-9-7-2/h28-29,31-32,46,48,54,56,61-62,66H,6-27,30,33-45,47,49-53,55,57-60H2,1-5H3,(H-,64,67,68,69)/b29-28-,32-31-,48-46+,56-54+. The first kappa shape index (κ1) is 70.5. The van der Waals surface area contributed by atoms with Crippen LogP contribution in [0, 0.1) is 0 Å². The largest absolute Gasteiger partial charge is 0.756 e. The molecule has 9 heteroatoms. The van der Waals surface area contributed by atoms with E-state index in [1.807, 2.05) is 27.2 Å². The number of hydrogen-bond donors (Lipinski definition) is 2. The number of allylic oxidation sites excluding steroid dienone is 7. The third-order valence-corrected chi connectivity index (χ3v) is 15.0. The van der Waals surface area contributed by atoms with Crippen LogP contribution in [0.1, 0.15) is 296 Å². The number of unbranched alkanes of at least 4 members (excludes halogenated alkanes) is 38. The number of carbonyl (C=O) groups is 1. The maximum Gasteiger partial charge on any atom is 0.268 e. The van der Waals surface area contributed by atoms with Gasteiger partial charge in [-0.15, -0.1) is 0 Å². The van der Waals surface area contributed by atoms with Crippen LogP contribution in [0.3, 0.4) is 0 Å². The zero-order valence-electron chi connectivity index (χ0n) is 48.4. The van der Waals surface area contributed by atoms with E-state index in [1.165, 1.54) is 231 Å². The number of phosphoric ester groups is 1. The fourth-order valence-corrected chi connectivity index (χ4v) is 9.87. The minimum absolute atomic E-state index is 0.00640. The van der Waals surface area contributed by atoms with Gasteiger partial charge >= 0.3 is 0 Å². The third kappa shape index (κ3) is 56.2. The number of carbonyl (C=O) groups excluding carboxylic acids is 1. The van der Waals surface area contributed by atoms with E-state index < -0.39 is 26.6 Å². The van der Waals surface area contributed by atoms with Crippen molar-refractivity contribution in [1.29, 1.82) is 0 Å². The molecule has 0 aliphatic heterocycles. The number of nitrogens with one attached hydrogen (secondary N) is 1. The van der Waals surface area contributed by atoms with E-state index in [1.54, 1.807) is 6.08 Å². The fourth-order valence-electron chi connectivity index (χ4n) is 9.14. The van der Waals surface area contributed by atoms with Crippen molar-refractivity contribution in [1.82, 2.24) is 5.32 Å². The van der Waals surface area contributed by atoms with Gasteiger partial charge in [-0.05, 0) is 64.2 Å². The van der Waals surface area contributed by atoms with Crippen LogP contribution < -0.4 is 10.2 Å². The van der Waals surface area contributed by atoms with Crippen LogP contribution in [-0.2, 0) is 18.4 Å². The van der Waals surface area contributed by atoms with Crippen molar-refractivity contribution in [3.8, 4) is 0 Å². The Bertz CT molecular complexity index is 1310. The lowest BCUT2D eigenvalue weighted by Gasteiger charge is -2.29. The Hall–Kier alpha value is -1.54. The van der Waals surface area contributed by atoms with Crippen molar-refractivity contribution >= 4 is 13.7 Å². The lowest BCUT2D eigenvalue weighted by molar-refractivity contribution is -0.870. The summed E-state index contributed by atoms with van der Waals surface area (Å²) in [5.41, 5.74) is 0. The molecule has 0 rings (SSSR count). The minimum atomic E-state index is -4.60. The Balaban J connectivity index is 3.87. The van der Waals surface area contributed by atoms with E-state index in [0.717, 1.165) is 44.9 Å². The van der Waals surface area contributed by atoms with E-state index in [4.69, 9.17) is 9.05 Å². The van der Waals surface area contributed by atoms with E-state index in [0.29, 0.717) is 17.4 Å². The average Bonchev–Trinajstić information content (AvgIpc) is 3.34. The molecule has 3 atom stereocenters. The molecule has 0 fully saturated rings. The van der Waals surface area contributed by atoms with Gasteiger partial charge in [-0.25, -0.2) is 0 Å². The van der Waals surface area contributed by atoms with Crippen LogP contribution >= 0.6 is 7.82 Å². The topological polar surface area (TPSA) is 108 Å². The highest BCUT2D eigenvalue weighted by Crippen LogP contribution is 2.38. The predicted molar refractivity (Wildman–Crippen MR) is 311 cm³/mol. The van der Waals surface area contributed by atoms with Crippen molar-refractivity contribution in [3.05, 3.63) is 48.6 Å². The van der Waals surface area contributed by atoms with Crippen molar-refractivity contribution in [3.63, 3.8) is 0 Å². The summed E-state index contributed by atoms with van der Waals surface area (Å²) in [6.45, 7) is 4.62. The molecule has 0 spiro atoms. The van der Waals surface area contributed by atoms with Gasteiger partial charge in [0.2, 0.25) is 5.91 Å². The lowest BCUT2D eigenvalue weighted by atomic mass is 10.0. The average molecular weight is 1030 g/mol. The van der Waals surface area contributed by atoms with Crippen molar-refractivity contribution < 1.29 is 32.9 Å². The number of hydrogen-bond acceptors (Lipinski definition) is 6. The maximum absolute atomic E-state index is 12.9. The molecule has 0 aromatic carbocycles. The van der Waals surface area contributed by atoms with Gasteiger partial charge in [0.05, 0.1) is 39.9 Å². The Morgan fingerprint density at radius 1 is 0.486 bits per heavy atom. The molecule has 0 aromatic heterocycles. The SMILES string of the molecule is CCCCCCC/C=C/CC/C=C/C(O)C(COP(=O)([O-])OCC[N+](C)(C)C)NC(=O)CCCCCCCCCCCCCCCCCCC/C=C\C/C=C\CCCCCCCCCCCCCCCCC. The second kappa shape index (κ2) is 54.3. The smallest absolute Gasteiger partial charge is 0.268 e. The van der Waals surface area contributed by atoms with Crippen molar-refractivity contribution in [2.24, 2.45) is 0 Å². The molecular weight excluding hydrogens is 912 g/mol. The number of phosphoric acid groups is 1. The Morgan fingerprint density at radius 2 is 0.819 bits per heavy atom. The zero-order valence-corrected chi connectivity index (χ0v) is 49.3. The monoisotopic (exact) mass is 1030 g/mol. The quantitative estimate of drug-likeness (QED) is 0.0272. The number of rotatable bonds is 57. The first-order valence-electron chi connectivity index (χ1n) is 31.0. The minimum Gasteiger partial charge on any atom is -0.756 e. The summed E-state index contributed by atoms with van der Waals surface area (Å²) in [6, 6.07) is -0.902. The van der Waals surface area contributed by atoms with Crippen LogP contribution in [0.5, 0.6) is 0 Å². The van der Waals surface area contributed by atoms with E-state index in [-0.39, 0.29) is 12.5 Å². The molecule has 0 radical (unpaired) electrons. The van der Waals surface area contributed by atoms with E-state index in [9.17, 15) is 19.4 Å². The van der Waals surface area contributed by atoms with Gasteiger partial charge in [0, 0.05) is 6.42 Å². The van der Waals surface area contributed by atoms with Gasteiger partial charge < -0.3 is 28.8 Å². The highest BCUT2D eigenvalue weighted by Gasteiger charge is 2.23. The molecule has 0 heterocycles. The van der Waals surface area contributed by atoms with Crippen LogP contribution in [-0.4, -0.2) is 68.5 Å². The molecule has 424 valence electrons. The van der Waals surface area contributed by atoms with Crippen molar-refractivity contribution in [2.45, 2.75) is 309 Å². The van der Waals surface area contributed by atoms with Crippen LogP contribution in [0.15, 0.2) is 48.6 Å². The van der Waals surface area contributed by atoms with Crippen molar-refractivity contribution in [2.75, 3.05) is 40.9 Å². The molecule has 0 bridgehead atoms. The first-order chi connectivity index (χ1) is 35.0. The van der Waals surface area contributed by atoms with Crippen LogP contribution in [0.4, 0.5) is 0 Å². The van der Waals surface area contributed by atoms with Gasteiger partial charge in [-0.3, -0.25) is 9.36 Å². The number of likely N-dealkylation sites (N-methyl/N-ethyl adjacent to an activating group) is 1. The summed E-state index contributed by atoms with van der Waals surface area (Å²) in [4.78, 5) is 25.4. The molecular formula is C63H121N2O6P. The van der Waals surface area contributed by atoms with Gasteiger partial charge in [-0.2, -0.15) is 0 Å². The lowest BCUT2D eigenvalue weighted by Crippen LogP contribution is -2.45. The molecule has 8 nitrogen and oxygen atoms in total. The van der Waals surface area contributed by atoms with E-state index in [2.05, 4.69) is 55.6 Å². The summed E-state index contributed by atoms with van der Waals surface area (Å²) in [5.74, 6) is -0.206.